The Hall–Kier alpha value is -3.52. The van der Waals surface area contributed by atoms with E-state index in [0.29, 0.717) is 0 Å². The number of nitrogens with zero attached hydrogens (tertiary/aromatic N) is 2. The van der Waals surface area contributed by atoms with E-state index in [2.05, 4.69) is 135 Å². The average molecular weight is 421 g/mol. The summed E-state index contributed by atoms with van der Waals surface area (Å²) in [6.45, 7) is 6.23. The minimum atomic E-state index is 0.904. The van der Waals surface area contributed by atoms with E-state index in [1.54, 1.807) is 0 Å². The summed E-state index contributed by atoms with van der Waals surface area (Å²) in [5.74, 6) is 0. The Morgan fingerprint density at radius 3 is 1.22 bits per heavy atom. The van der Waals surface area contributed by atoms with Crippen LogP contribution in [-0.4, -0.2) is 14.1 Å². The topological polar surface area (TPSA) is 6.48 Å². The molecule has 0 aromatic heterocycles. The van der Waals surface area contributed by atoms with Crippen LogP contribution in [-0.2, 0) is 13.1 Å². The Kier molecular flexibility index (Phi) is 6.61. The SMILES string of the molecule is Cc1cc(N(C)Cc2ccccc2)ccc1-c1ccc(N(C)Cc2ccccc2)cc1C. The fourth-order valence-electron chi connectivity index (χ4n) is 4.27. The summed E-state index contributed by atoms with van der Waals surface area (Å²) in [6, 6.07) is 34.8. The van der Waals surface area contributed by atoms with Gasteiger partial charge in [-0.05, 0) is 71.5 Å². The molecule has 4 aromatic rings. The summed E-state index contributed by atoms with van der Waals surface area (Å²) in [4.78, 5) is 4.61. The smallest absolute Gasteiger partial charge is 0.0426 e. The number of anilines is 2. The molecular formula is C30H32N2. The highest BCUT2D eigenvalue weighted by atomic mass is 15.1. The fraction of sp³-hybridized carbons (Fsp3) is 0.200. The van der Waals surface area contributed by atoms with Gasteiger partial charge >= 0.3 is 0 Å². The second-order valence-corrected chi connectivity index (χ2v) is 8.68. The largest absolute Gasteiger partial charge is 0.370 e. The maximum absolute atomic E-state index is 2.31. The summed E-state index contributed by atoms with van der Waals surface area (Å²) in [6.07, 6.45) is 0. The van der Waals surface area contributed by atoms with Crippen molar-refractivity contribution in [2.24, 2.45) is 0 Å². The lowest BCUT2D eigenvalue weighted by atomic mass is 9.95. The van der Waals surface area contributed by atoms with Crippen molar-refractivity contribution in [3.05, 3.63) is 119 Å². The molecule has 0 bridgehead atoms. The Morgan fingerprint density at radius 2 is 0.875 bits per heavy atom. The summed E-state index contributed by atoms with van der Waals surface area (Å²) >= 11 is 0. The number of hydrogen-bond acceptors (Lipinski definition) is 2. The third-order valence-electron chi connectivity index (χ3n) is 6.12. The normalized spacial score (nSPS) is 10.8. The van der Waals surface area contributed by atoms with E-state index in [1.165, 1.54) is 44.8 Å². The molecule has 2 nitrogen and oxygen atoms in total. The van der Waals surface area contributed by atoms with Crippen LogP contribution < -0.4 is 9.80 Å². The van der Waals surface area contributed by atoms with E-state index in [1.807, 2.05) is 0 Å². The van der Waals surface area contributed by atoms with Crippen LogP contribution >= 0.6 is 0 Å². The summed E-state index contributed by atoms with van der Waals surface area (Å²) < 4.78 is 0. The Balaban J connectivity index is 1.52. The van der Waals surface area contributed by atoms with Crippen LogP contribution in [0.2, 0.25) is 0 Å². The Morgan fingerprint density at radius 1 is 0.500 bits per heavy atom. The first kappa shape index (κ1) is 21.7. The molecule has 0 aliphatic heterocycles. The molecule has 0 saturated carbocycles. The van der Waals surface area contributed by atoms with Gasteiger partial charge in [-0.25, -0.2) is 0 Å². The lowest BCUT2D eigenvalue weighted by molar-refractivity contribution is 0.921. The van der Waals surface area contributed by atoms with E-state index in [9.17, 15) is 0 Å². The van der Waals surface area contributed by atoms with Gasteiger partial charge in [0.2, 0.25) is 0 Å². The van der Waals surface area contributed by atoms with Gasteiger partial charge in [-0.3, -0.25) is 0 Å². The molecule has 0 unspecified atom stereocenters. The first-order valence-corrected chi connectivity index (χ1v) is 11.2. The zero-order valence-electron chi connectivity index (χ0n) is 19.5. The quantitative estimate of drug-likeness (QED) is 0.311. The summed E-state index contributed by atoms with van der Waals surface area (Å²) in [5, 5.41) is 0. The number of rotatable bonds is 7. The van der Waals surface area contributed by atoms with Crippen molar-refractivity contribution in [3.8, 4) is 11.1 Å². The van der Waals surface area contributed by atoms with Crippen molar-refractivity contribution in [1.29, 1.82) is 0 Å². The molecule has 0 saturated heterocycles. The molecule has 0 aliphatic carbocycles. The van der Waals surface area contributed by atoms with Crippen molar-refractivity contribution < 1.29 is 0 Å². The van der Waals surface area contributed by atoms with Crippen LogP contribution in [0, 0.1) is 13.8 Å². The lowest BCUT2D eigenvalue weighted by Gasteiger charge is -2.23. The molecule has 162 valence electrons. The summed E-state index contributed by atoms with van der Waals surface area (Å²) in [7, 11) is 4.31. The van der Waals surface area contributed by atoms with E-state index in [0.717, 1.165) is 13.1 Å². The van der Waals surface area contributed by atoms with E-state index >= 15 is 0 Å². The molecule has 0 amide bonds. The highest BCUT2D eigenvalue weighted by Gasteiger charge is 2.11. The van der Waals surface area contributed by atoms with Crippen LogP contribution in [0.4, 0.5) is 11.4 Å². The van der Waals surface area contributed by atoms with Crippen molar-refractivity contribution in [2.45, 2.75) is 26.9 Å². The minimum absolute atomic E-state index is 0.904. The van der Waals surface area contributed by atoms with Crippen LogP contribution in [0.15, 0.2) is 97.1 Å². The number of aryl methyl sites for hydroxylation is 2. The first-order chi connectivity index (χ1) is 15.5. The molecule has 4 aromatic carbocycles. The zero-order chi connectivity index (χ0) is 22.5. The zero-order valence-corrected chi connectivity index (χ0v) is 19.5. The molecule has 0 N–H and O–H groups in total. The molecule has 0 spiro atoms. The lowest BCUT2D eigenvalue weighted by Crippen LogP contribution is -2.16. The van der Waals surface area contributed by atoms with Gasteiger partial charge in [-0.1, -0.05) is 72.8 Å². The van der Waals surface area contributed by atoms with E-state index in [4.69, 9.17) is 0 Å². The first-order valence-electron chi connectivity index (χ1n) is 11.2. The molecule has 0 aliphatic rings. The van der Waals surface area contributed by atoms with Gasteiger partial charge in [-0.2, -0.15) is 0 Å². The van der Waals surface area contributed by atoms with Crippen LogP contribution in [0.1, 0.15) is 22.3 Å². The third-order valence-corrected chi connectivity index (χ3v) is 6.12. The Labute approximate surface area is 192 Å². The van der Waals surface area contributed by atoms with Gasteiger partial charge < -0.3 is 9.80 Å². The second-order valence-electron chi connectivity index (χ2n) is 8.68. The number of benzene rings is 4. The Bertz CT molecular complexity index is 1070. The maximum Gasteiger partial charge on any atom is 0.0426 e. The molecule has 0 atom stereocenters. The van der Waals surface area contributed by atoms with Crippen molar-refractivity contribution in [2.75, 3.05) is 23.9 Å². The van der Waals surface area contributed by atoms with Crippen molar-refractivity contribution >= 4 is 11.4 Å². The third kappa shape index (κ3) is 5.03. The van der Waals surface area contributed by atoms with Crippen molar-refractivity contribution in [1.82, 2.24) is 0 Å². The molecule has 0 fully saturated rings. The van der Waals surface area contributed by atoms with Crippen LogP contribution in [0.25, 0.3) is 11.1 Å². The van der Waals surface area contributed by atoms with Gasteiger partial charge in [-0.15, -0.1) is 0 Å². The van der Waals surface area contributed by atoms with Gasteiger partial charge in [0.25, 0.3) is 0 Å². The predicted octanol–water partition coefficient (Wildman–Crippen LogP) is 7.24. The van der Waals surface area contributed by atoms with E-state index in [-0.39, 0.29) is 0 Å². The van der Waals surface area contributed by atoms with Gasteiger partial charge in [0.05, 0.1) is 0 Å². The standard InChI is InChI=1S/C30H32N2/c1-23-19-27(31(3)21-25-11-7-5-8-12-25)15-17-29(23)30-18-16-28(20-24(30)2)32(4)22-26-13-9-6-10-14-26/h5-20H,21-22H2,1-4H3. The monoisotopic (exact) mass is 420 g/mol. The van der Waals surface area contributed by atoms with Crippen LogP contribution in [0.5, 0.6) is 0 Å². The predicted molar refractivity (Wildman–Crippen MR) is 138 cm³/mol. The minimum Gasteiger partial charge on any atom is -0.370 e. The molecule has 4 rings (SSSR count). The molecular weight excluding hydrogens is 388 g/mol. The highest BCUT2D eigenvalue weighted by Crippen LogP contribution is 2.32. The molecule has 32 heavy (non-hydrogen) atoms. The molecule has 2 heteroatoms. The average Bonchev–Trinajstić information content (AvgIpc) is 2.80. The second kappa shape index (κ2) is 9.74. The molecule has 0 heterocycles. The van der Waals surface area contributed by atoms with Gasteiger partial charge in [0.15, 0.2) is 0 Å². The van der Waals surface area contributed by atoms with Gasteiger partial charge in [0.1, 0.15) is 0 Å². The molecule has 0 radical (unpaired) electrons. The summed E-state index contributed by atoms with van der Waals surface area (Å²) in [5.41, 5.74) is 10.3. The number of hydrogen-bond donors (Lipinski definition) is 0. The highest BCUT2D eigenvalue weighted by molar-refractivity contribution is 5.75. The van der Waals surface area contributed by atoms with Crippen LogP contribution in [0.3, 0.4) is 0 Å². The van der Waals surface area contributed by atoms with E-state index < -0.39 is 0 Å². The van der Waals surface area contributed by atoms with Gasteiger partial charge in [0, 0.05) is 38.6 Å². The fourth-order valence-corrected chi connectivity index (χ4v) is 4.27. The maximum atomic E-state index is 2.31. The van der Waals surface area contributed by atoms with Crippen molar-refractivity contribution in [3.63, 3.8) is 0 Å².